The standard InChI is InChI=1S/C12H8FNO6/c13-7-1-3-9(14(17)18)11(5-7)19-6-8-2-4-10(20-8)12(15)16/h1-5H,6H2,(H,15,16). The molecule has 8 heteroatoms. The van der Waals surface area contributed by atoms with E-state index in [1.807, 2.05) is 0 Å². The third kappa shape index (κ3) is 2.91. The Balaban J connectivity index is 2.15. The third-order valence-electron chi connectivity index (χ3n) is 2.36. The van der Waals surface area contributed by atoms with Crippen molar-refractivity contribution in [2.24, 2.45) is 0 Å². The molecule has 0 aliphatic rings. The first-order valence-corrected chi connectivity index (χ1v) is 5.36. The Labute approximate surface area is 111 Å². The van der Waals surface area contributed by atoms with Gasteiger partial charge in [-0.3, -0.25) is 10.1 Å². The number of hydrogen-bond donors (Lipinski definition) is 1. The Morgan fingerprint density at radius 2 is 2.15 bits per heavy atom. The number of carboxylic acids is 1. The van der Waals surface area contributed by atoms with E-state index in [-0.39, 0.29) is 23.9 Å². The Morgan fingerprint density at radius 1 is 1.40 bits per heavy atom. The van der Waals surface area contributed by atoms with Gasteiger partial charge in [-0.1, -0.05) is 0 Å². The van der Waals surface area contributed by atoms with Crippen molar-refractivity contribution in [3.63, 3.8) is 0 Å². The van der Waals surface area contributed by atoms with Crippen LogP contribution in [0.15, 0.2) is 34.7 Å². The molecule has 1 N–H and O–H groups in total. The largest absolute Gasteiger partial charge is 0.479 e. The maximum Gasteiger partial charge on any atom is 0.371 e. The molecule has 0 saturated carbocycles. The summed E-state index contributed by atoms with van der Waals surface area (Å²) in [6.07, 6.45) is 0. The molecule has 0 amide bonds. The van der Waals surface area contributed by atoms with Crippen LogP contribution in [-0.4, -0.2) is 16.0 Å². The van der Waals surface area contributed by atoms with Crippen LogP contribution in [0.5, 0.6) is 5.75 Å². The first-order valence-electron chi connectivity index (χ1n) is 5.36. The molecular formula is C12H8FNO6. The highest BCUT2D eigenvalue weighted by Crippen LogP contribution is 2.28. The predicted molar refractivity (Wildman–Crippen MR) is 63.1 cm³/mol. The number of hydrogen-bond acceptors (Lipinski definition) is 5. The number of benzene rings is 1. The minimum absolute atomic E-state index is 0.154. The van der Waals surface area contributed by atoms with Crippen molar-refractivity contribution in [3.8, 4) is 5.75 Å². The zero-order valence-corrected chi connectivity index (χ0v) is 9.91. The fourth-order valence-corrected chi connectivity index (χ4v) is 1.47. The molecule has 0 aliphatic carbocycles. The van der Waals surface area contributed by atoms with Crippen molar-refractivity contribution in [3.05, 3.63) is 57.8 Å². The maximum absolute atomic E-state index is 13.0. The lowest BCUT2D eigenvalue weighted by Gasteiger charge is -2.05. The van der Waals surface area contributed by atoms with E-state index in [9.17, 15) is 19.3 Å². The van der Waals surface area contributed by atoms with Crippen molar-refractivity contribution in [2.75, 3.05) is 0 Å². The molecule has 0 unspecified atom stereocenters. The van der Waals surface area contributed by atoms with Crippen LogP contribution in [0.2, 0.25) is 0 Å². The second kappa shape index (κ2) is 5.39. The number of ether oxygens (including phenoxy) is 1. The smallest absolute Gasteiger partial charge is 0.371 e. The summed E-state index contributed by atoms with van der Waals surface area (Å²) >= 11 is 0. The van der Waals surface area contributed by atoms with Gasteiger partial charge in [0.15, 0.2) is 5.75 Å². The highest BCUT2D eigenvalue weighted by molar-refractivity contribution is 5.84. The van der Waals surface area contributed by atoms with E-state index < -0.39 is 22.4 Å². The predicted octanol–water partition coefficient (Wildman–Crippen LogP) is 2.60. The fourth-order valence-electron chi connectivity index (χ4n) is 1.47. The summed E-state index contributed by atoms with van der Waals surface area (Å²) in [7, 11) is 0. The fraction of sp³-hybridized carbons (Fsp3) is 0.0833. The summed E-state index contributed by atoms with van der Waals surface area (Å²) in [5.74, 6) is -2.31. The molecule has 2 aromatic rings. The van der Waals surface area contributed by atoms with E-state index in [0.29, 0.717) is 0 Å². The highest BCUT2D eigenvalue weighted by Gasteiger charge is 2.17. The molecule has 20 heavy (non-hydrogen) atoms. The average Bonchev–Trinajstić information content (AvgIpc) is 2.85. The second-order valence-electron chi connectivity index (χ2n) is 3.73. The van der Waals surface area contributed by atoms with Gasteiger partial charge in [0.1, 0.15) is 18.2 Å². The van der Waals surface area contributed by atoms with Crippen LogP contribution in [0.4, 0.5) is 10.1 Å². The summed E-state index contributed by atoms with van der Waals surface area (Å²) in [5.41, 5.74) is -0.392. The number of furan rings is 1. The minimum Gasteiger partial charge on any atom is -0.479 e. The zero-order chi connectivity index (χ0) is 14.7. The summed E-state index contributed by atoms with van der Waals surface area (Å²) in [4.78, 5) is 20.6. The molecule has 0 spiro atoms. The first-order chi connectivity index (χ1) is 9.47. The lowest BCUT2D eigenvalue weighted by atomic mass is 10.3. The highest BCUT2D eigenvalue weighted by atomic mass is 19.1. The van der Waals surface area contributed by atoms with Gasteiger partial charge in [0.25, 0.3) is 0 Å². The number of nitro groups is 1. The number of aromatic carboxylic acids is 1. The maximum atomic E-state index is 13.0. The van der Waals surface area contributed by atoms with Crippen LogP contribution in [0.3, 0.4) is 0 Å². The van der Waals surface area contributed by atoms with Crippen LogP contribution in [0.1, 0.15) is 16.3 Å². The summed E-state index contributed by atoms with van der Waals surface area (Å²) in [6.45, 7) is -0.252. The molecule has 1 aromatic carbocycles. The van der Waals surface area contributed by atoms with E-state index in [1.54, 1.807) is 0 Å². The topological polar surface area (TPSA) is 103 Å². The number of halogens is 1. The number of carbonyl (C=O) groups is 1. The van der Waals surface area contributed by atoms with Gasteiger partial charge in [0.05, 0.1) is 4.92 Å². The first kappa shape index (κ1) is 13.5. The van der Waals surface area contributed by atoms with Crippen molar-refractivity contribution >= 4 is 11.7 Å². The SMILES string of the molecule is O=C(O)c1ccc(COc2cc(F)ccc2[N+](=O)[O-])o1. The monoisotopic (exact) mass is 281 g/mol. The van der Waals surface area contributed by atoms with Gasteiger partial charge in [0.2, 0.25) is 5.76 Å². The second-order valence-corrected chi connectivity index (χ2v) is 3.73. The van der Waals surface area contributed by atoms with Crippen molar-refractivity contribution < 1.29 is 28.4 Å². The van der Waals surface area contributed by atoms with Crippen LogP contribution < -0.4 is 4.74 Å². The van der Waals surface area contributed by atoms with Gasteiger partial charge in [-0.15, -0.1) is 0 Å². The molecule has 0 fully saturated rings. The molecule has 0 saturated heterocycles. The van der Waals surface area contributed by atoms with Crippen LogP contribution in [0, 0.1) is 15.9 Å². The zero-order valence-electron chi connectivity index (χ0n) is 9.91. The van der Waals surface area contributed by atoms with Gasteiger partial charge in [-0.25, -0.2) is 9.18 Å². The van der Waals surface area contributed by atoms with Gasteiger partial charge < -0.3 is 14.3 Å². The normalized spacial score (nSPS) is 10.2. The lowest BCUT2D eigenvalue weighted by Crippen LogP contribution is -1.99. The van der Waals surface area contributed by atoms with E-state index in [4.69, 9.17) is 14.3 Å². The van der Waals surface area contributed by atoms with Gasteiger partial charge in [0, 0.05) is 12.1 Å². The Kier molecular flexibility index (Phi) is 3.65. The molecule has 7 nitrogen and oxygen atoms in total. The van der Waals surface area contributed by atoms with Gasteiger partial charge in [-0.05, 0) is 18.2 Å². The quantitative estimate of drug-likeness (QED) is 0.667. The third-order valence-corrected chi connectivity index (χ3v) is 2.36. The molecule has 2 rings (SSSR count). The molecule has 0 bridgehead atoms. The van der Waals surface area contributed by atoms with Crippen LogP contribution in [0.25, 0.3) is 0 Å². The van der Waals surface area contributed by atoms with Crippen molar-refractivity contribution in [1.29, 1.82) is 0 Å². The lowest BCUT2D eigenvalue weighted by molar-refractivity contribution is -0.386. The molecule has 0 atom stereocenters. The number of rotatable bonds is 5. The van der Waals surface area contributed by atoms with E-state index in [0.717, 1.165) is 18.2 Å². The average molecular weight is 281 g/mol. The van der Waals surface area contributed by atoms with E-state index in [2.05, 4.69) is 0 Å². The summed E-state index contributed by atoms with van der Waals surface area (Å²) in [5, 5.41) is 19.4. The van der Waals surface area contributed by atoms with E-state index in [1.165, 1.54) is 12.1 Å². The summed E-state index contributed by atoms with van der Waals surface area (Å²) in [6, 6.07) is 5.38. The molecule has 1 heterocycles. The van der Waals surface area contributed by atoms with Gasteiger partial charge in [-0.2, -0.15) is 0 Å². The minimum atomic E-state index is -1.24. The Morgan fingerprint density at radius 3 is 2.75 bits per heavy atom. The molecule has 0 aliphatic heterocycles. The van der Waals surface area contributed by atoms with E-state index >= 15 is 0 Å². The number of nitrogens with zero attached hydrogens (tertiary/aromatic N) is 1. The Hall–Kier alpha value is -2.90. The van der Waals surface area contributed by atoms with Crippen LogP contribution in [-0.2, 0) is 6.61 Å². The molecule has 104 valence electrons. The molecule has 1 aromatic heterocycles. The number of nitro benzene ring substituents is 1. The van der Waals surface area contributed by atoms with Crippen molar-refractivity contribution in [2.45, 2.75) is 6.61 Å². The number of carboxylic acid groups (broad SMARTS) is 1. The summed E-state index contributed by atoms with van der Waals surface area (Å²) < 4.78 is 23.0. The van der Waals surface area contributed by atoms with Crippen LogP contribution >= 0.6 is 0 Å². The van der Waals surface area contributed by atoms with Crippen molar-refractivity contribution in [1.82, 2.24) is 0 Å². The molecule has 0 radical (unpaired) electrons. The Bertz CT molecular complexity index is 666. The van der Waals surface area contributed by atoms with Gasteiger partial charge >= 0.3 is 11.7 Å². The molecular weight excluding hydrogens is 273 g/mol.